The van der Waals surface area contributed by atoms with Crippen molar-refractivity contribution in [2.24, 2.45) is 0 Å². The molecule has 0 atom stereocenters. The second kappa shape index (κ2) is 4.00. The Morgan fingerprint density at radius 3 is 2.57 bits per heavy atom. The molecule has 1 aromatic rings. The van der Waals surface area contributed by atoms with Crippen molar-refractivity contribution in [1.82, 2.24) is 0 Å². The van der Waals surface area contributed by atoms with Crippen molar-refractivity contribution in [3.8, 4) is 0 Å². The highest BCUT2D eigenvalue weighted by atomic mass is 19.1. The number of carbonyl (C=O) groups is 2. The van der Waals surface area contributed by atoms with E-state index in [2.05, 4.69) is 0 Å². The Balaban J connectivity index is 3.06. The first-order valence-electron chi connectivity index (χ1n) is 4.02. The number of Topliss-reactive ketones (excluding diaryl/α,β-unsaturated/α-hetero) is 1. The lowest BCUT2D eigenvalue weighted by atomic mass is 10.1. The van der Waals surface area contributed by atoms with Crippen LogP contribution in [0.15, 0.2) is 18.2 Å². The molecule has 0 aliphatic rings. The van der Waals surface area contributed by atoms with Crippen LogP contribution in [-0.2, 0) is 11.2 Å². The summed E-state index contributed by atoms with van der Waals surface area (Å²) in [5, 5.41) is 8.49. The van der Waals surface area contributed by atoms with Crippen LogP contribution in [0, 0.1) is 5.82 Å². The number of benzene rings is 1. The smallest absolute Gasteiger partial charge is 0.307 e. The normalized spacial score (nSPS) is 9.86. The van der Waals surface area contributed by atoms with Gasteiger partial charge in [-0.15, -0.1) is 0 Å². The molecule has 0 heterocycles. The van der Waals surface area contributed by atoms with Crippen molar-refractivity contribution >= 4 is 11.8 Å². The maximum absolute atomic E-state index is 13.0. The predicted molar refractivity (Wildman–Crippen MR) is 47.7 cm³/mol. The van der Waals surface area contributed by atoms with Gasteiger partial charge >= 0.3 is 5.97 Å². The molecule has 4 heteroatoms. The van der Waals surface area contributed by atoms with Gasteiger partial charge in [-0.25, -0.2) is 4.39 Å². The summed E-state index contributed by atoms with van der Waals surface area (Å²) in [5.41, 5.74) is 0.354. The van der Waals surface area contributed by atoms with E-state index in [1.54, 1.807) is 0 Å². The molecule has 3 nitrogen and oxygen atoms in total. The van der Waals surface area contributed by atoms with Crippen LogP contribution in [0.4, 0.5) is 4.39 Å². The highest BCUT2D eigenvalue weighted by molar-refractivity contribution is 5.94. The lowest BCUT2D eigenvalue weighted by molar-refractivity contribution is -0.136. The molecule has 0 aliphatic heterocycles. The largest absolute Gasteiger partial charge is 0.481 e. The summed E-state index contributed by atoms with van der Waals surface area (Å²) in [7, 11) is 0. The summed E-state index contributed by atoms with van der Waals surface area (Å²) in [6, 6.07) is 3.73. The topological polar surface area (TPSA) is 54.4 Å². The van der Waals surface area contributed by atoms with Gasteiger partial charge in [0.1, 0.15) is 5.82 Å². The SMILES string of the molecule is CC(=O)c1cc(CC(=O)O)ccc1F. The van der Waals surface area contributed by atoms with Gasteiger partial charge < -0.3 is 5.11 Å². The number of aliphatic carboxylic acids is 1. The summed E-state index contributed by atoms with van der Waals surface area (Å²) in [6.07, 6.45) is -0.208. The Morgan fingerprint density at radius 1 is 1.43 bits per heavy atom. The molecule has 1 rings (SSSR count). The molecule has 0 spiro atoms. The second-order valence-electron chi connectivity index (χ2n) is 2.94. The first kappa shape index (κ1) is 10.4. The quantitative estimate of drug-likeness (QED) is 0.748. The van der Waals surface area contributed by atoms with Gasteiger partial charge in [0.25, 0.3) is 0 Å². The van der Waals surface area contributed by atoms with E-state index in [0.29, 0.717) is 5.56 Å². The van der Waals surface area contributed by atoms with Gasteiger partial charge in [0, 0.05) is 0 Å². The predicted octanol–water partition coefficient (Wildman–Crippen LogP) is 1.66. The van der Waals surface area contributed by atoms with Crippen LogP contribution in [0.2, 0.25) is 0 Å². The van der Waals surface area contributed by atoms with Crippen LogP contribution in [0.1, 0.15) is 22.8 Å². The zero-order chi connectivity index (χ0) is 10.7. The first-order chi connectivity index (χ1) is 6.50. The Kier molecular flexibility index (Phi) is 2.96. The Morgan fingerprint density at radius 2 is 2.07 bits per heavy atom. The molecule has 0 bridgehead atoms. The van der Waals surface area contributed by atoms with Crippen LogP contribution in [0.5, 0.6) is 0 Å². The third kappa shape index (κ3) is 2.39. The van der Waals surface area contributed by atoms with Crippen LogP contribution in [0.25, 0.3) is 0 Å². The molecule has 1 aromatic carbocycles. The van der Waals surface area contributed by atoms with Gasteiger partial charge in [-0.2, -0.15) is 0 Å². The second-order valence-corrected chi connectivity index (χ2v) is 2.94. The molecule has 14 heavy (non-hydrogen) atoms. The van der Waals surface area contributed by atoms with Crippen LogP contribution >= 0.6 is 0 Å². The van der Waals surface area contributed by atoms with E-state index in [-0.39, 0.29) is 12.0 Å². The van der Waals surface area contributed by atoms with Gasteiger partial charge in [0.05, 0.1) is 12.0 Å². The van der Waals surface area contributed by atoms with Crippen LogP contribution in [-0.4, -0.2) is 16.9 Å². The molecule has 0 amide bonds. The number of halogens is 1. The summed E-state index contributed by atoms with van der Waals surface area (Å²) >= 11 is 0. The standard InChI is InChI=1S/C10H9FO3/c1-6(12)8-4-7(5-10(13)14)2-3-9(8)11/h2-4H,5H2,1H3,(H,13,14). The lowest BCUT2D eigenvalue weighted by Gasteiger charge is -2.01. The van der Waals surface area contributed by atoms with E-state index in [4.69, 9.17) is 5.11 Å². The number of carboxylic acid groups (broad SMARTS) is 1. The van der Waals surface area contributed by atoms with Crippen molar-refractivity contribution in [2.75, 3.05) is 0 Å². The number of ketones is 1. The summed E-state index contributed by atoms with van der Waals surface area (Å²) in [5.74, 6) is -2.03. The van der Waals surface area contributed by atoms with Crippen molar-refractivity contribution in [1.29, 1.82) is 0 Å². The van der Waals surface area contributed by atoms with E-state index in [1.165, 1.54) is 19.1 Å². The molecular weight excluding hydrogens is 187 g/mol. The fraction of sp³-hybridized carbons (Fsp3) is 0.200. The van der Waals surface area contributed by atoms with Crippen molar-refractivity contribution in [3.05, 3.63) is 35.1 Å². The zero-order valence-electron chi connectivity index (χ0n) is 7.58. The minimum atomic E-state index is -1.01. The lowest BCUT2D eigenvalue weighted by Crippen LogP contribution is -2.03. The third-order valence-corrected chi connectivity index (χ3v) is 1.77. The molecule has 0 saturated carbocycles. The monoisotopic (exact) mass is 196 g/mol. The van der Waals surface area contributed by atoms with Crippen LogP contribution in [0.3, 0.4) is 0 Å². The maximum Gasteiger partial charge on any atom is 0.307 e. The Bertz CT molecular complexity index is 385. The van der Waals surface area contributed by atoms with Gasteiger partial charge in [0.15, 0.2) is 5.78 Å². The number of hydrogen-bond donors (Lipinski definition) is 1. The average molecular weight is 196 g/mol. The first-order valence-corrected chi connectivity index (χ1v) is 4.02. The molecule has 0 radical (unpaired) electrons. The maximum atomic E-state index is 13.0. The van der Waals surface area contributed by atoms with E-state index >= 15 is 0 Å². The van der Waals surface area contributed by atoms with E-state index in [0.717, 1.165) is 6.07 Å². The van der Waals surface area contributed by atoms with Gasteiger partial charge in [-0.05, 0) is 24.6 Å². The van der Waals surface area contributed by atoms with E-state index < -0.39 is 17.6 Å². The highest BCUT2D eigenvalue weighted by Crippen LogP contribution is 2.11. The fourth-order valence-electron chi connectivity index (χ4n) is 1.13. The van der Waals surface area contributed by atoms with Crippen molar-refractivity contribution in [2.45, 2.75) is 13.3 Å². The third-order valence-electron chi connectivity index (χ3n) is 1.77. The summed E-state index contributed by atoms with van der Waals surface area (Å²) < 4.78 is 13.0. The average Bonchev–Trinajstić information content (AvgIpc) is 2.07. The minimum absolute atomic E-state index is 0.0660. The number of hydrogen-bond acceptors (Lipinski definition) is 2. The highest BCUT2D eigenvalue weighted by Gasteiger charge is 2.09. The van der Waals surface area contributed by atoms with Crippen LogP contribution < -0.4 is 0 Å². The van der Waals surface area contributed by atoms with Gasteiger partial charge in [-0.3, -0.25) is 9.59 Å². The number of rotatable bonds is 3. The fourth-order valence-corrected chi connectivity index (χ4v) is 1.13. The Hall–Kier alpha value is -1.71. The number of carboxylic acids is 1. The molecule has 0 aliphatic carbocycles. The van der Waals surface area contributed by atoms with E-state index in [1.807, 2.05) is 0 Å². The summed E-state index contributed by atoms with van der Waals surface area (Å²) in [4.78, 5) is 21.3. The molecule has 0 fully saturated rings. The number of carbonyl (C=O) groups excluding carboxylic acids is 1. The summed E-state index contributed by atoms with van der Waals surface area (Å²) in [6.45, 7) is 1.24. The molecular formula is C10H9FO3. The molecule has 1 N–H and O–H groups in total. The van der Waals surface area contributed by atoms with Crippen molar-refractivity contribution < 1.29 is 19.1 Å². The minimum Gasteiger partial charge on any atom is -0.481 e. The van der Waals surface area contributed by atoms with Gasteiger partial charge in [0.2, 0.25) is 0 Å². The van der Waals surface area contributed by atoms with Gasteiger partial charge in [-0.1, -0.05) is 6.07 Å². The van der Waals surface area contributed by atoms with E-state index in [9.17, 15) is 14.0 Å². The zero-order valence-corrected chi connectivity index (χ0v) is 7.58. The molecule has 0 unspecified atom stereocenters. The molecule has 0 aromatic heterocycles. The molecule has 74 valence electrons. The Labute approximate surface area is 80.2 Å². The molecule has 0 saturated heterocycles. The van der Waals surface area contributed by atoms with Crippen molar-refractivity contribution in [3.63, 3.8) is 0 Å².